The molecule has 124 valence electrons. The average molecular weight is 317 g/mol. The number of urea groups is 1. The van der Waals surface area contributed by atoms with Crippen molar-refractivity contribution in [3.63, 3.8) is 0 Å². The summed E-state index contributed by atoms with van der Waals surface area (Å²) in [7, 11) is 0. The number of hydrogen-bond donors (Lipinski definition) is 1. The second-order valence-corrected chi connectivity index (χ2v) is 5.38. The quantitative estimate of drug-likeness (QED) is 0.839. The Hall–Kier alpha value is -2.26. The fourth-order valence-corrected chi connectivity index (χ4v) is 2.50. The van der Waals surface area contributed by atoms with Crippen LogP contribution in [0.4, 0.5) is 10.5 Å². The Labute approximate surface area is 137 Å². The minimum absolute atomic E-state index is 0.0692. The molecule has 0 aliphatic carbocycles. The highest BCUT2D eigenvalue weighted by Crippen LogP contribution is 2.17. The molecule has 0 bridgehead atoms. The van der Waals surface area contributed by atoms with Crippen molar-refractivity contribution >= 4 is 11.7 Å². The first-order valence-corrected chi connectivity index (χ1v) is 8.00. The van der Waals surface area contributed by atoms with Crippen LogP contribution in [0.5, 0.6) is 5.75 Å². The summed E-state index contributed by atoms with van der Waals surface area (Å²) in [5.41, 5.74) is 0.702. The van der Waals surface area contributed by atoms with Gasteiger partial charge in [0.15, 0.2) is 0 Å². The highest BCUT2D eigenvalue weighted by atomic mass is 16.5. The number of rotatable bonds is 7. The molecule has 1 saturated heterocycles. The zero-order valence-electron chi connectivity index (χ0n) is 13.5. The van der Waals surface area contributed by atoms with Crippen LogP contribution in [0.2, 0.25) is 0 Å². The van der Waals surface area contributed by atoms with Crippen molar-refractivity contribution in [1.82, 2.24) is 4.90 Å². The van der Waals surface area contributed by atoms with Crippen LogP contribution in [0.15, 0.2) is 24.3 Å². The number of carbonyl (C=O) groups is 1. The van der Waals surface area contributed by atoms with Crippen molar-refractivity contribution in [2.75, 3.05) is 31.6 Å². The van der Waals surface area contributed by atoms with Crippen LogP contribution in [-0.4, -0.2) is 43.3 Å². The molecule has 2 rings (SSSR count). The zero-order chi connectivity index (χ0) is 16.5. The largest absolute Gasteiger partial charge is 0.494 e. The van der Waals surface area contributed by atoms with Gasteiger partial charge in [-0.1, -0.05) is 0 Å². The van der Waals surface area contributed by atoms with Gasteiger partial charge in [-0.3, -0.25) is 0 Å². The van der Waals surface area contributed by atoms with Gasteiger partial charge in [0.05, 0.1) is 25.2 Å². The maximum atomic E-state index is 12.4. The van der Waals surface area contributed by atoms with Crippen LogP contribution in [0.25, 0.3) is 0 Å². The number of anilines is 1. The molecule has 1 aliphatic heterocycles. The Balaban J connectivity index is 1.93. The van der Waals surface area contributed by atoms with Crippen molar-refractivity contribution in [2.45, 2.75) is 32.3 Å². The Morgan fingerprint density at radius 3 is 2.87 bits per heavy atom. The normalized spacial score (nSPS) is 16.6. The second kappa shape index (κ2) is 9.01. The summed E-state index contributed by atoms with van der Waals surface area (Å²) >= 11 is 0. The molecule has 0 saturated carbocycles. The van der Waals surface area contributed by atoms with Crippen molar-refractivity contribution < 1.29 is 14.3 Å². The molecule has 1 aromatic rings. The van der Waals surface area contributed by atoms with E-state index in [1.54, 1.807) is 17.0 Å². The molecule has 1 fully saturated rings. The van der Waals surface area contributed by atoms with Crippen molar-refractivity contribution in [3.05, 3.63) is 24.3 Å². The first kappa shape index (κ1) is 17.1. The number of hydrogen-bond acceptors (Lipinski definition) is 4. The summed E-state index contributed by atoms with van der Waals surface area (Å²) in [6.07, 6.45) is 2.36. The summed E-state index contributed by atoms with van der Waals surface area (Å²) in [4.78, 5) is 14.1. The van der Waals surface area contributed by atoms with Gasteiger partial charge < -0.3 is 19.7 Å². The lowest BCUT2D eigenvalue weighted by Crippen LogP contribution is -2.40. The Kier molecular flexibility index (Phi) is 6.70. The highest BCUT2D eigenvalue weighted by Gasteiger charge is 2.22. The highest BCUT2D eigenvalue weighted by molar-refractivity contribution is 5.89. The smallest absolute Gasteiger partial charge is 0.321 e. The van der Waals surface area contributed by atoms with Crippen LogP contribution < -0.4 is 10.1 Å². The Bertz CT molecular complexity index is 533. The van der Waals surface area contributed by atoms with Crippen LogP contribution in [0.3, 0.4) is 0 Å². The molecular formula is C17H23N3O3. The van der Waals surface area contributed by atoms with Gasteiger partial charge in [0.1, 0.15) is 5.75 Å². The average Bonchev–Trinajstić information content (AvgIpc) is 3.06. The lowest BCUT2D eigenvalue weighted by molar-refractivity contribution is 0.0841. The lowest BCUT2D eigenvalue weighted by atomic mass is 10.2. The minimum atomic E-state index is -0.208. The molecular weight excluding hydrogens is 294 g/mol. The molecule has 0 spiro atoms. The molecule has 0 radical (unpaired) electrons. The van der Waals surface area contributed by atoms with Crippen LogP contribution in [0.1, 0.15) is 26.2 Å². The van der Waals surface area contributed by atoms with Gasteiger partial charge in [0.2, 0.25) is 0 Å². The first-order valence-electron chi connectivity index (χ1n) is 8.00. The Morgan fingerprint density at radius 1 is 1.48 bits per heavy atom. The Morgan fingerprint density at radius 2 is 2.26 bits per heavy atom. The molecule has 0 aromatic heterocycles. The van der Waals surface area contributed by atoms with E-state index in [0.29, 0.717) is 31.8 Å². The predicted molar refractivity (Wildman–Crippen MR) is 87.4 cm³/mol. The molecule has 6 nitrogen and oxygen atoms in total. The minimum Gasteiger partial charge on any atom is -0.494 e. The molecule has 1 N–H and O–H groups in total. The van der Waals surface area contributed by atoms with E-state index in [-0.39, 0.29) is 12.1 Å². The summed E-state index contributed by atoms with van der Waals surface area (Å²) < 4.78 is 11.0. The maximum Gasteiger partial charge on any atom is 0.321 e. The third-order valence-corrected chi connectivity index (χ3v) is 3.65. The number of amides is 2. The monoisotopic (exact) mass is 317 g/mol. The standard InChI is InChI=1S/C17H23N3O3/c1-2-22-15-8-6-14(7-9-15)19-17(21)20(11-4-10-18)13-16-5-3-12-23-16/h6-9,16H,2-5,11-13H2,1H3,(H,19,21). The van der Waals surface area contributed by atoms with Crippen molar-refractivity contribution in [2.24, 2.45) is 0 Å². The van der Waals surface area contributed by atoms with Crippen LogP contribution in [-0.2, 0) is 4.74 Å². The van der Waals surface area contributed by atoms with Crippen molar-refractivity contribution in [3.8, 4) is 11.8 Å². The topological polar surface area (TPSA) is 74.6 Å². The molecule has 1 heterocycles. The molecule has 1 aromatic carbocycles. The summed E-state index contributed by atoms with van der Waals surface area (Å²) in [5, 5.41) is 11.6. The molecule has 1 unspecified atom stereocenters. The number of carbonyl (C=O) groups excluding carboxylic acids is 1. The predicted octanol–water partition coefficient (Wildman–Crippen LogP) is 3.01. The number of nitrogens with one attached hydrogen (secondary N) is 1. The van der Waals surface area contributed by atoms with E-state index in [2.05, 4.69) is 11.4 Å². The van der Waals surface area contributed by atoms with Gasteiger partial charge in [-0.05, 0) is 44.0 Å². The van der Waals surface area contributed by atoms with Gasteiger partial charge in [-0.2, -0.15) is 5.26 Å². The SMILES string of the molecule is CCOc1ccc(NC(=O)N(CCC#N)CC2CCCO2)cc1. The summed E-state index contributed by atoms with van der Waals surface area (Å²) in [6.45, 7) is 4.20. The summed E-state index contributed by atoms with van der Waals surface area (Å²) in [5.74, 6) is 0.770. The summed E-state index contributed by atoms with van der Waals surface area (Å²) in [6, 6.07) is 9.12. The fraction of sp³-hybridized carbons (Fsp3) is 0.529. The molecule has 6 heteroatoms. The molecule has 23 heavy (non-hydrogen) atoms. The van der Waals surface area contributed by atoms with Gasteiger partial charge in [-0.25, -0.2) is 4.79 Å². The van der Waals surface area contributed by atoms with Gasteiger partial charge >= 0.3 is 6.03 Å². The third kappa shape index (κ3) is 5.46. The van der Waals surface area contributed by atoms with Gasteiger partial charge in [-0.15, -0.1) is 0 Å². The number of nitrogens with zero attached hydrogens (tertiary/aromatic N) is 2. The number of nitriles is 1. The van der Waals surface area contributed by atoms with E-state index in [1.165, 1.54) is 0 Å². The van der Waals surface area contributed by atoms with Crippen LogP contribution in [0, 0.1) is 11.3 Å². The van der Waals surface area contributed by atoms with Crippen molar-refractivity contribution in [1.29, 1.82) is 5.26 Å². The van der Waals surface area contributed by atoms with Gasteiger partial charge in [0, 0.05) is 25.4 Å². The van der Waals surface area contributed by atoms with E-state index in [9.17, 15) is 4.79 Å². The fourth-order valence-electron chi connectivity index (χ4n) is 2.50. The first-order chi connectivity index (χ1) is 11.2. The van der Waals surface area contributed by atoms with Crippen LogP contribution >= 0.6 is 0 Å². The van der Waals surface area contributed by atoms with Gasteiger partial charge in [0.25, 0.3) is 0 Å². The third-order valence-electron chi connectivity index (χ3n) is 3.65. The van der Waals surface area contributed by atoms with E-state index >= 15 is 0 Å². The zero-order valence-corrected chi connectivity index (χ0v) is 13.5. The molecule has 2 amide bonds. The van der Waals surface area contributed by atoms with E-state index < -0.39 is 0 Å². The molecule has 1 aliphatic rings. The van der Waals surface area contributed by atoms with E-state index in [0.717, 1.165) is 25.2 Å². The van der Waals surface area contributed by atoms with E-state index in [1.807, 2.05) is 19.1 Å². The molecule has 1 atom stereocenters. The van der Waals surface area contributed by atoms with E-state index in [4.69, 9.17) is 14.7 Å². The maximum absolute atomic E-state index is 12.4. The lowest BCUT2D eigenvalue weighted by Gasteiger charge is -2.25. The number of benzene rings is 1. The second-order valence-electron chi connectivity index (χ2n) is 5.38. The number of ether oxygens (including phenoxy) is 2.